The van der Waals surface area contributed by atoms with Gasteiger partial charge in [0.1, 0.15) is 5.76 Å². The van der Waals surface area contributed by atoms with Crippen LogP contribution in [0.3, 0.4) is 0 Å². The van der Waals surface area contributed by atoms with Crippen molar-refractivity contribution in [1.82, 2.24) is 0 Å². The highest BCUT2D eigenvalue weighted by Gasteiger charge is 1.99. The van der Waals surface area contributed by atoms with Gasteiger partial charge >= 0.3 is 5.97 Å². The molecule has 14 heavy (non-hydrogen) atoms. The summed E-state index contributed by atoms with van der Waals surface area (Å²) in [6.07, 6.45) is 2.24. The lowest BCUT2D eigenvalue weighted by Gasteiger charge is -2.01. The summed E-state index contributed by atoms with van der Waals surface area (Å²) < 4.78 is 5.03. The minimum atomic E-state index is -0.199. The molecule has 1 aromatic rings. The first-order valence-electron chi connectivity index (χ1n) is 4.66. The summed E-state index contributed by atoms with van der Waals surface area (Å²) >= 11 is 0. The Morgan fingerprint density at radius 2 is 2.00 bits per heavy atom. The zero-order valence-corrected chi connectivity index (χ0v) is 8.49. The van der Waals surface area contributed by atoms with Crippen molar-refractivity contribution < 1.29 is 9.53 Å². The Morgan fingerprint density at radius 3 is 2.57 bits per heavy atom. The first-order chi connectivity index (χ1) is 6.72. The first kappa shape index (κ1) is 10.5. The molecule has 0 bridgehead atoms. The Morgan fingerprint density at radius 1 is 1.36 bits per heavy atom. The zero-order chi connectivity index (χ0) is 10.4. The van der Waals surface area contributed by atoms with E-state index in [0.717, 1.165) is 5.56 Å². The molecule has 0 N–H and O–H groups in total. The first-order valence-corrected chi connectivity index (χ1v) is 4.66. The SMILES string of the molecule is CCC(=O)OC(C)=Cc1ccccc1. The summed E-state index contributed by atoms with van der Waals surface area (Å²) in [5.74, 6) is 0.428. The Bertz CT molecular complexity index is 325. The van der Waals surface area contributed by atoms with Gasteiger partial charge in [0.05, 0.1) is 0 Å². The standard InChI is InChI=1S/C12H14O2/c1-3-12(13)14-10(2)9-11-7-5-4-6-8-11/h4-9H,3H2,1-2H3. The van der Waals surface area contributed by atoms with Crippen LogP contribution in [-0.2, 0) is 9.53 Å². The molecule has 0 aromatic heterocycles. The van der Waals surface area contributed by atoms with Gasteiger partial charge in [0.15, 0.2) is 0 Å². The Labute approximate surface area is 84.2 Å². The fraction of sp³-hybridized carbons (Fsp3) is 0.250. The van der Waals surface area contributed by atoms with E-state index in [4.69, 9.17) is 4.74 Å². The van der Waals surface area contributed by atoms with Crippen LogP contribution in [0.15, 0.2) is 36.1 Å². The molecule has 0 heterocycles. The van der Waals surface area contributed by atoms with Gasteiger partial charge in [-0.3, -0.25) is 4.79 Å². The minimum Gasteiger partial charge on any atom is -0.431 e. The van der Waals surface area contributed by atoms with Crippen molar-refractivity contribution in [2.75, 3.05) is 0 Å². The molecule has 0 saturated carbocycles. The molecule has 0 fully saturated rings. The number of hydrogen-bond acceptors (Lipinski definition) is 2. The van der Waals surface area contributed by atoms with Crippen molar-refractivity contribution in [2.24, 2.45) is 0 Å². The van der Waals surface area contributed by atoms with E-state index < -0.39 is 0 Å². The average Bonchev–Trinajstić information content (AvgIpc) is 2.19. The molecule has 0 amide bonds. The van der Waals surface area contributed by atoms with Crippen molar-refractivity contribution in [3.63, 3.8) is 0 Å². The van der Waals surface area contributed by atoms with Crippen molar-refractivity contribution in [2.45, 2.75) is 20.3 Å². The number of carbonyl (C=O) groups excluding carboxylic acids is 1. The molecule has 0 saturated heterocycles. The van der Waals surface area contributed by atoms with Gasteiger partial charge < -0.3 is 4.74 Å². The molecule has 0 spiro atoms. The van der Waals surface area contributed by atoms with Crippen LogP contribution < -0.4 is 0 Å². The molecule has 0 aliphatic carbocycles. The third kappa shape index (κ3) is 3.44. The third-order valence-electron chi connectivity index (χ3n) is 1.73. The number of carbonyl (C=O) groups is 1. The number of rotatable bonds is 3. The molecule has 0 atom stereocenters. The van der Waals surface area contributed by atoms with Gasteiger partial charge in [-0.05, 0) is 18.6 Å². The summed E-state index contributed by atoms with van der Waals surface area (Å²) in [5, 5.41) is 0. The minimum absolute atomic E-state index is 0.199. The fourth-order valence-corrected chi connectivity index (χ4v) is 1.07. The van der Waals surface area contributed by atoms with Crippen LogP contribution in [0.4, 0.5) is 0 Å². The van der Waals surface area contributed by atoms with E-state index in [2.05, 4.69) is 0 Å². The second-order valence-corrected chi connectivity index (χ2v) is 2.99. The van der Waals surface area contributed by atoms with Crippen LogP contribution in [0.1, 0.15) is 25.8 Å². The van der Waals surface area contributed by atoms with Gasteiger partial charge in [0, 0.05) is 6.42 Å². The lowest BCUT2D eigenvalue weighted by atomic mass is 10.2. The quantitative estimate of drug-likeness (QED) is 0.541. The number of esters is 1. The van der Waals surface area contributed by atoms with Gasteiger partial charge in [0.2, 0.25) is 0 Å². The van der Waals surface area contributed by atoms with Crippen LogP contribution in [0.2, 0.25) is 0 Å². The molecule has 2 heteroatoms. The molecule has 2 nitrogen and oxygen atoms in total. The van der Waals surface area contributed by atoms with Crippen molar-refractivity contribution >= 4 is 12.0 Å². The second kappa shape index (κ2) is 5.22. The highest BCUT2D eigenvalue weighted by molar-refractivity contribution is 5.71. The number of hydrogen-bond donors (Lipinski definition) is 0. The van der Waals surface area contributed by atoms with E-state index in [9.17, 15) is 4.79 Å². The second-order valence-electron chi connectivity index (χ2n) is 2.99. The van der Waals surface area contributed by atoms with Crippen molar-refractivity contribution in [1.29, 1.82) is 0 Å². The van der Waals surface area contributed by atoms with Crippen LogP contribution in [0.5, 0.6) is 0 Å². The molecule has 0 aliphatic heterocycles. The summed E-state index contributed by atoms with van der Waals surface area (Å²) in [6.45, 7) is 3.55. The van der Waals surface area contributed by atoms with E-state index in [1.54, 1.807) is 13.8 Å². The Balaban J connectivity index is 2.65. The molecule has 0 radical (unpaired) electrons. The maximum Gasteiger partial charge on any atom is 0.310 e. The summed E-state index contributed by atoms with van der Waals surface area (Å²) in [6, 6.07) is 9.76. The number of benzene rings is 1. The highest BCUT2D eigenvalue weighted by Crippen LogP contribution is 2.07. The summed E-state index contributed by atoms with van der Waals surface area (Å²) in [7, 11) is 0. The molecular formula is C12H14O2. The topological polar surface area (TPSA) is 26.3 Å². The van der Waals surface area contributed by atoms with Gasteiger partial charge in [-0.1, -0.05) is 37.3 Å². The zero-order valence-electron chi connectivity index (χ0n) is 8.49. The summed E-state index contributed by atoms with van der Waals surface area (Å²) in [5.41, 5.74) is 1.04. The number of ether oxygens (including phenoxy) is 1. The van der Waals surface area contributed by atoms with E-state index >= 15 is 0 Å². The summed E-state index contributed by atoms with van der Waals surface area (Å²) in [4.78, 5) is 10.9. The smallest absolute Gasteiger partial charge is 0.310 e. The van der Waals surface area contributed by atoms with E-state index in [1.807, 2.05) is 36.4 Å². The molecule has 1 aromatic carbocycles. The lowest BCUT2D eigenvalue weighted by molar-refractivity contribution is -0.138. The maximum atomic E-state index is 10.9. The van der Waals surface area contributed by atoms with Gasteiger partial charge in [-0.25, -0.2) is 0 Å². The van der Waals surface area contributed by atoms with Gasteiger partial charge in [-0.2, -0.15) is 0 Å². The van der Waals surface area contributed by atoms with E-state index in [-0.39, 0.29) is 5.97 Å². The van der Waals surface area contributed by atoms with Crippen LogP contribution in [0, 0.1) is 0 Å². The molecule has 0 aliphatic rings. The molecule has 1 rings (SSSR count). The maximum absolute atomic E-state index is 10.9. The fourth-order valence-electron chi connectivity index (χ4n) is 1.07. The monoisotopic (exact) mass is 190 g/mol. The molecule has 0 unspecified atom stereocenters. The van der Waals surface area contributed by atoms with Gasteiger partial charge in [-0.15, -0.1) is 0 Å². The molecular weight excluding hydrogens is 176 g/mol. The Hall–Kier alpha value is -1.57. The normalized spacial score (nSPS) is 11.1. The van der Waals surface area contributed by atoms with Crippen LogP contribution in [0.25, 0.3) is 6.08 Å². The Kier molecular flexibility index (Phi) is 3.92. The average molecular weight is 190 g/mol. The predicted molar refractivity (Wildman–Crippen MR) is 56.5 cm³/mol. The van der Waals surface area contributed by atoms with Gasteiger partial charge in [0.25, 0.3) is 0 Å². The van der Waals surface area contributed by atoms with Crippen LogP contribution in [-0.4, -0.2) is 5.97 Å². The molecule has 74 valence electrons. The predicted octanol–water partition coefficient (Wildman–Crippen LogP) is 3.00. The van der Waals surface area contributed by atoms with Crippen LogP contribution >= 0.6 is 0 Å². The van der Waals surface area contributed by atoms with Crippen molar-refractivity contribution in [3.05, 3.63) is 41.7 Å². The third-order valence-corrected chi connectivity index (χ3v) is 1.73. The highest BCUT2D eigenvalue weighted by atomic mass is 16.5. The largest absolute Gasteiger partial charge is 0.431 e. The number of allylic oxidation sites excluding steroid dienone is 1. The van der Waals surface area contributed by atoms with Crippen molar-refractivity contribution in [3.8, 4) is 0 Å². The van der Waals surface area contributed by atoms with E-state index in [0.29, 0.717) is 12.2 Å². The lowest BCUT2D eigenvalue weighted by Crippen LogP contribution is -1.99. The van der Waals surface area contributed by atoms with E-state index in [1.165, 1.54) is 0 Å².